The van der Waals surface area contributed by atoms with Crippen LogP contribution in [0, 0.1) is 0 Å². The van der Waals surface area contributed by atoms with Gasteiger partial charge < -0.3 is 14.6 Å². The van der Waals surface area contributed by atoms with Crippen molar-refractivity contribution in [2.24, 2.45) is 0 Å². The van der Waals surface area contributed by atoms with E-state index < -0.39 is 12.3 Å². The zero-order chi connectivity index (χ0) is 14.2. The first kappa shape index (κ1) is 14.2. The molecule has 0 aliphatic heterocycles. The second-order valence-electron chi connectivity index (χ2n) is 4.24. The van der Waals surface area contributed by atoms with E-state index in [4.69, 9.17) is 9.47 Å². The van der Waals surface area contributed by atoms with Crippen molar-refractivity contribution >= 4 is 5.97 Å². The Morgan fingerprint density at radius 1 is 0.900 bits per heavy atom. The molecule has 0 bridgehead atoms. The van der Waals surface area contributed by atoms with E-state index in [1.165, 1.54) is 0 Å². The first-order valence-corrected chi connectivity index (χ1v) is 6.30. The molecular weight excluding hydrogens is 256 g/mol. The molecular formula is C16H16O4. The molecule has 0 heterocycles. The van der Waals surface area contributed by atoms with Gasteiger partial charge in [0, 0.05) is 0 Å². The molecule has 4 heteroatoms. The molecule has 0 spiro atoms. The van der Waals surface area contributed by atoms with Crippen LogP contribution in [-0.2, 0) is 27.5 Å². The van der Waals surface area contributed by atoms with E-state index >= 15 is 0 Å². The van der Waals surface area contributed by atoms with E-state index in [1.54, 1.807) is 0 Å². The van der Waals surface area contributed by atoms with Crippen LogP contribution in [-0.4, -0.2) is 17.4 Å². The van der Waals surface area contributed by atoms with Crippen LogP contribution in [0.25, 0.3) is 0 Å². The van der Waals surface area contributed by atoms with Gasteiger partial charge >= 0.3 is 5.97 Å². The van der Waals surface area contributed by atoms with E-state index in [0.29, 0.717) is 0 Å². The van der Waals surface area contributed by atoms with Gasteiger partial charge in [0.2, 0.25) is 0 Å². The first-order chi connectivity index (χ1) is 9.75. The van der Waals surface area contributed by atoms with E-state index in [1.807, 2.05) is 60.7 Å². The van der Waals surface area contributed by atoms with Gasteiger partial charge in [-0.1, -0.05) is 60.7 Å². The van der Waals surface area contributed by atoms with Crippen molar-refractivity contribution in [1.29, 1.82) is 0 Å². The van der Waals surface area contributed by atoms with Crippen LogP contribution in [0.3, 0.4) is 0 Å². The third-order valence-corrected chi connectivity index (χ3v) is 2.68. The summed E-state index contributed by atoms with van der Waals surface area (Å²) in [6.07, 6.45) is -1.57. The number of aliphatic hydroxyl groups is 1. The van der Waals surface area contributed by atoms with Crippen LogP contribution >= 0.6 is 0 Å². The third kappa shape index (κ3) is 4.50. The minimum atomic E-state index is -1.57. The molecule has 4 nitrogen and oxygen atoms in total. The molecule has 0 aliphatic rings. The number of ether oxygens (including phenoxy) is 2. The van der Waals surface area contributed by atoms with Gasteiger partial charge in [0.1, 0.15) is 6.61 Å². The lowest BCUT2D eigenvalue weighted by atomic mass is 10.2. The number of carbonyl (C=O) groups excluding carboxylic acids is 1. The van der Waals surface area contributed by atoms with Gasteiger partial charge in [0.15, 0.2) is 0 Å². The number of esters is 1. The topological polar surface area (TPSA) is 55.8 Å². The highest BCUT2D eigenvalue weighted by Gasteiger charge is 2.17. The molecule has 0 amide bonds. The molecule has 0 aromatic heterocycles. The highest BCUT2D eigenvalue weighted by Crippen LogP contribution is 2.05. The Balaban J connectivity index is 1.75. The fourth-order valence-electron chi connectivity index (χ4n) is 1.62. The van der Waals surface area contributed by atoms with Crippen molar-refractivity contribution in [3.05, 3.63) is 71.8 Å². The second kappa shape index (κ2) is 7.43. The Hall–Kier alpha value is -2.17. The van der Waals surface area contributed by atoms with E-state index in [9.17, 15) is 9.90 Å². The van der Waals surface area contributed by atoms with Crippen molar-refractivity contribution in [3.63, 3.8) is 0 Å². The van der Waals surface area contributed by atoms with E-state index in [0.717, 1.165) is 11.1 Å². The molecule has 1 atom stereocenters. The number of hydrogen-bond acceptors (Lipinski definition) is 4. The summed E-state index contributed by atoms with van der Waals surface area (Å²) in [4.78, 5) is 11.5. The van der Waals surface area contributed by atoms with Gasteiger partial charge in [0.05, 0.1) is 6.61 Å². The van der Waals surface area contributed by atoms with Gasteiger partial charge in [0.25, 0.3) is 6.29 Å². The summed E-state index contributed by atoms with van der Waals surface area (Å²) in [5, 5.41) is 9.56. The minimum Gasteiger partial charge on any atom is -0.457 e. The smallest absolute Gasteiger partial charge is 0.363 e. The van der Waals surface area contributed by atoms with Crippen molar-refractivity contribution in [2.75, 3.05) is 0 Å². The standard InChI is InChI=1S/C16H16O4/c17-15(19-11-13-7-3-1-4-8-13)16(18)20-12-14-9-5-2-6-10-14/h1-10,15,17H,11-12H2/t15-/m0/s1. The predicted octanol–water partition coefficient (Wildman–Crippen LogP) is 2.26. The van der Waals surface area contributed by atoms with Crippen LogP contribution in [0.1, 0.15) is 11.1 Å². The quantitative estimate of drug-likeness (QED) is 0.647. The van der Waals surface area contributed by atoms with Crippen molar-refractivity contribution in [1.82, 2.24) is 0 Å². The molecule has 2 aromatic rings. The number of benzene rings is 2. The maximum atomic E-state index is 11.5. The highest BCUT2D eigenvalue weighted by atomic mass is 16.6. The second-order valence-corrected chi connectivity index (χ2v) is 4.24. The fraction of sp³-hybridized carbons (Fsp3) is 0.188. The molecule has 20 heavy (non-hydrogen) atoms. The maximum absolute atomic E-state index is 11.5. The summed E-state index contributed by atoms with van der Waals surface area (Å²) in [5.41, 5.74) is 1.73. The number of rotatable bonds is 6. The Bertz CT molecular complexity index is 525. The Morgan fingerprint density at radius 2 is 1.40 bits per heavy atom. The molecule has 0 radical (unpaired) electrons. The number of aliphatic hydroxyl groups excluding tert-OH is 1. The Labute approximate surface area is 117 Å². The van der Waals surface area contributed by atoms with Crippen LogP contribution in [0.4, 0.5) is 0 Å². The van der Waals surface area contributed by atoms with Crippen LogP contribution in [0.5, 0.6) is 0 Å². The van der Waals surface area contributed by atoms with Gasteiger partial charge in [-0.25, -0.2) is 4.79 Å². The largest absolute Gasteiger partial charge is 0.457 e. The Morgan fingerprint density at radius 3 is 1.95 bits per heavy atom. The molecule has 104 valence electrons. The molecule has 0 unspecified atom stereocenters. The fourth-order valence-corrected chi connectivity index (χ4v) is 1.62. The van der Waals surface area contributed by atoms with Crippen molar-refractivity contribution < 1.29 is 19.4 Å². The normalized spacial score (nSPS) is 11.8. The Kier molecular flexibility index (Phi) is 5.29. The lowest BCUT2D eigenvalue weighted by molar-refractivity contribution is -0.186. The molecule has 0 saturated heterocycles. The predicted molar refractivity (Wildman–Crippen MR) is 73.5 cm³/mol. The molecule has 1 N–H and O–H groups in total. The summed E-state index contributed by atoms with van der Waals surface area (Å²) in [6.45, 7) is 0.272. The van der Waals surface area contributed by atoms with Crippen LogP contribution < -0.4 is 0 Å². The maximum Gasteiger partial charge on any atom is 0.363 e. The minimum absolute atomic E-state index is 0.116. The molecule has 2 aromatic carbocycles. The third-order valence-electron chi connectivity index (χ3n) is 2.68. The summed E-state index contributed by atoms with van der Waals surface area (Å²) in [6, 6.07) is 18.6. The van der Waals surface area contributed by atoms with Gasteiger partial charge in [-0.2, -0.15) is 0 Å². The van der Waals surface area contributed by atoms with E-state index in [2.05, 4.69) is 0 Å². The lowest BCUT2D eigenvalue weighted by Crippen LogP contribution is -2.25. The molecule has 0 fully saturated rings. The monoisotopic (exact) mass is 272 g/mol. The molecule has 0 aliphatic carbocycles. The number of hydrogen-bond donors (Lipinski definition) is 1. The van der Waals surface area contributed by atoms with Crippen LogP contribution in [0.15, 0.2) is 60.7 Å². The van der Waals surface area contributed by atoms with Crippen molar-refractivity contribution in [2.45, 2.75) is 19.5 Å². The zero-order valence-electron chi connectivity index (χ0n) is 10.9. The summed E-state index contributed by atoms with van der Waals surface area (Å²) < 4.78 is 10.0. The van der Waals surface area contributed by atoms with Crippen molar-refractivity contribution in [3.8, 4) is 0 Å². The molecule has 0 saturated carbocycles. The molecule has 2 rings (SSSR count). The SMILES string of the molecule is O=C(OCc1ccccc1)[C@@H](O)OCc1ccccc1. The zero-order valence-corrected chi connectivity index (χ0v) is 10.9. The van der Waals surface area contributed by atoms with Gasteiger partial charge in [-0.3, -0.25) is 0 Å². The average molecular weight is 272 g/mol. The summed E-state index contributed by atoms with van der Waals surface area (Å²) >= 11 is 0. The average Bonchev–Trinajstić information content (AvgIpc) is 2.52. The first-order valence-electron chi connectivity index (χ1n) is 6.30. The highest BCUT2D eigenvalue weighted by molar-refractivity contribution is 5.72. The van der Waals surface area contributed by atoms with Gasteiger partial charge in [-0.05, 0) is 11.1 Å². The lowest BCUT2D eigenvalue weighted by Gasteiger charge is -2.11. The summed E-state index contributed by atoms with van der Waals surface area (Å²) in [7, 11) is 0. The number of carbonyl (C=O) groups is 1. The van der Waals surface area contributed by atoms with E-state index in [-0.39, 0.29) is 13.2 Å². The van der Waals surface area contributed by atoms with Gasteiger partial charge in [-0.15, -0.1) is 0 Å². The van der Waals surface area contributed by atoms with Crippen LogP contribution in [0.2, 0.25) is 0 Å². The summed E-state index contributed by atoms with van der Waals surface area (Å²) in [5.74, 6) is -0.787.